The summed E-state index contributed by atoms with van der Waals surface area (Å²) in [6, 6.07) is 6.25. The van der Waals surface area contributed by atoms with Crippen LogP contribution in [0, 0.1) is 0 Å². The van der Waals surface area contributed by atoms with Gasteiger partial charge in [0, 0.05) is 19.5 Å². The van der Waals surface area contributed by atoms with Gasteiger partial charge in [-0.25, -0.2) is 0 Å². The van der Waals surface area contributed by atoms with E-state index >= 15 is 0 Å². The molecule has 4 rings (SSSR count). The van der Waals surface area contributed by atoms with E-state index in [1.54, 1.807) is 0 Å². The van der Waals surface area contributed by atoms with E-state index in [1.165, 1.54) is 5.56 Å². The fraction of sp³-hybridized carbons (Fsp3) is 0.579. The minimum atomic E-state index is 0.331. The lowest BCUT2D eigenvalue weighted by Gasteiger charge is -2.31. The van der Waals surface area contributed by atoms with Crippen LogP contribution in [-0.4, -0.2) is 58.5 Å². The zero-order valence-electron chi connectivity index (χ0n) is 15.8. The summed E-state index contributed by atoms with van der Waals surface area (Å²) in [5.41, 5.74) is 1.28. The van der Waals surface area contributed by atoms with Crippen molar-refractivity contribution in [3.8, 4) is 11.5 Å². The topological polar surface area (TPSA) is 55.7 Å². The predicted octanol–water partition coefficient (Wildman–Crippen LogP) is 1.98. The zero-order valence-corrected chi connectivity index (χ0v) is 15.8. The molecule has 0 aliphatic carbocycles. The van der Waals surface area contributed by atoms with Gasteiger partial charge in [-0.15, -0.1) is 10.2 Å². The van der Waals surface area contributed by atoms with Crippen LogP contribution in [0.4, 0.5) is 0 Å². The molecule has 7 nitrogen and oxygen atoms in total. The van der Waals surface area contributed by atoms with Gasteiger partial charge in [0.05, 0.1) is 6.54 Å². The maximum absolute atomic E-state index is 5.48. The van der Waals surface area contributed by atoms with E-state index in [-0.39, 0.29) is 0 Å². The maximum atomic E-state index is 5.48. The molecule has 0 saturated carbocycles. The van der Waals surface area contributed by atoms with Crippen LogP contribution < -0.4 is 9.47 Å². The number of likely N-dealkylation sites (tertiary alicyclic amines) is 1. The fourth-order valence-corrected chi connectivity index (χ4v) is 3.80. The van der Waals surface area contributed by atoms with Gasteiger partial charge in [-0.2, -0.15) is 0 Å². The van der Waals surface area contributed by atoms with Gasteiger partial charge in [0.25, 0.3) is 0 Å². The van der Waals surface area contributed by atoms with Crippen molar-refractivity contribution in [2.45, 2.75) is 31.8 Å². The molecule has 2 aromatic rings. The van der Waals surface area contributed by atoms with Crippen molar-refractivity contribution >= 4 is 0 Å². The molecule has 1 saturated heterocycles. The molecule has 1 fully saturated rings. The minimum absolute atomic E-state index is 0.331. The second-order valence-corrected chi connectivity index (χ2v) is 7.51. The standard InChI is InChI=1S/C19H27N5O2/c1-22(2)12-18-20-21-19(23(18)3)15-6-8-24(9-7-15)11-14-4-5-16-17(10-14)26-13-25-16/h4-5,10,15H,6-9,11-13H2,1-3H3. The molecule has 2 aliphatic heterocycles. The number of nitrogens with zero attached hydrogens (tertiary/aromatic N) is 5. The van der Waals surface area contributed by atoms with Crippen LogP contribution in [0.2, 0.25) is 0 Å². The third kappa shape index (κ3) is 3.54. The predicted molar refractivity (Wildman–Crippen MR) is 98.2 cm³/mol. The molecule has 0 bridgehead atoms. The number of hydrogen-bond acceptors (Lipinski definition) is 6. The monoisotopic (exact) mass is 357 g/mol. The Bertz CT molecular complexity index is 765. The summed E-state index contributed by atoms with van der Waals surface area (Å²) in [7, 11) is 6.21. The maximum Gasteiger partial charge on any atom is 0.231 e. The molecule has 7 heteroatoms. The average Bonchev–Trinajstić information content (AvgIpc) is 3.22. The van der Waals surface area contributed by atoms with E-state index < -0.39 is 0 Å². The highest BCUT2D eigenvalue weighted by molar-refractivity contribution is 5.44. The first-order chi connectivity index (χ1) is 12.6. The second kappa shape index (κ2) is 7.25. The van der Waals surface area contributed by atoms with Gasteiger partial charge in [0.2, 0.25) is 6.79 Å². The molecule has 0 radical (unpaired) electrons. The highest BCUT2D eigenvalue weighted by Crippen LogP contribution is 2.33. The highest BCUT2D eigenvalue weighted by Gasteiger charge is 2.25. The lowest BCUT2D eigenvalue weighted by atomic mass is 9.95. The number of hydrogen-bond donors (Lipinski definition) is 0. The Labute approximate surface area is 154 Å². The van der Waals surface area contributed by atoms with E-state index in [9.17, 15) is 0 Å². The zero-order chi connectivity index (χ0) is 18.1. The van der Waals surface area contributed by atoms with Gasteiger partial charge >= 0.3 is 0 Å². The number of aromatic nitrogens is 3. The van der Waals surface area contributed by atoms with Crippen LogP contribution in [0.25, 0.3) is 0 Å². The van der Waals surface area contributed by atoms with Gasteiger partial charge in [-0.05, 0) is 57.7 Å². The van der Waals surface area contributed by atoms with Gasteiger partial charge in [-0.3, -0.25) is 4.90 Å². The lowest BCUT2D eigenvalue weighted by molar-refractivity contribution is 0.173. The number of fused-ring (bicyclic) bond motifs is 1. The van der Waals surface area contributed by atoms with Crippen LogP contribution in [0.3, 0.4) is 0 Å². The molecule has 0 spiro atoms. The number of rotatable bonds is 5. The van der Waals surface area contributed by atoms with Gasteiger partial charge in [0.1, 0.15) is 11.6 Å². The third-order valence-electron chi connectivity index (χ3n) is 5.25. The first-order valence-corrected chi connectivity index (χ1v) is 9.24. The smallest absolute Gasteiger partial charge is 0.231 e. The third-order valence-corrected chi connectivity index (χ3v) is 5.25. The Balaban J connectivity index is 1.35. The molecule has 0 atom stereocenters. The van der Waals surface area contributed by atoms with Crippen molar-refractivity contribution in [1.82, 2.24) is 24.6 Å². The normalized spacial score (nSPS) is 18.0. The molecule has 0 amide bonds. The molecular formula is C19H27N5O2. The highest BCUT2D eigenvalue weighted by atomic mass is 16.7. The first-order valence-electron chi connectivity index (χ1n) is 9.24. The summed E-state index contributed by atoms with van der Waals surface area (Å²) in [5.74, 6) is 4.38. The van der Waals surface area contributed by atoms with Crippen LogP contribution in [0.1, 0.15) is 36.0 Å². The van der Waals surface area contributed by atoms with Crippen molar-refractivity contribution in [1.29, 1.82) is 0 Å². The molecule has 2 aliphatic rings. The van der Waals surface area contributed by atoms with Crippen LogP contribution >= 0.6 is 0 Å². The van der Waals surface area contributed by atoms with E-state index in [2.05, 4.69) is 57.8 Å². The van der Waals surface area contributed by atoms with E-state index in [4.69, 9.17) is 9.47 Å². The number of ether oxygens (including phenoxy) is 2. The molecule has 1 aromatic carbocycles. The summed E-state index contributed by atoms with van der Waals surface area (Å²) in [6.07, 6.45) is 2.25. The summed E-state index contributed by atoms with van der Waals surface area (Å²) < 4.78 is 13.1. The molecular weight excluding hydrogens is 330 g/mol. The van der Waals surface area contributed by atoms with Crippen molar-refractivity contribution in [3.05, 3.63) is 35.4 Å². The van der Waals surface area contributed by atoms with Crippen molar-refractivity contribution < 1.29 is 9.47 Å². The Morgan fingerprint density at radius 2 is 1.88 bits per heavy atom. The summed E-state index contributed by atoms with van der Waals surface area (Å²) >= 11 is 0. The van der Waals surface area contributed by atoms with Gasteiger partial charge in [-0.1, -0.05) is 6.07 Å². The molecule has 26 heavy (non-hydrogen) atoms. The summed E-state index contributed by atoms with van der Waals surface area (Å²) in [4.78, 5) is 4.63. The Kier molecular flexibility index (Phi) is 4.82. The Hall–Kier alpha value is -2.12. The van der Waals surface area contributed by atoms with Gasteiger partial charge < -0.3 is 18.9 Å². The quantitative estimate of drug-likeness (QED) is 0.816. The molecule has 0 N–H and O–H groups in total. The molecule has 0 unspecified atom stereocenters. The largest absolute Gasteiger partial charge is 0.454 e. The van der Waals surface area contributed by atoms with E-state index in [0.717, 1.165) is 62.2 Å². The summed E-state index contributed by atoms with van der Waals surface area (Å²) in [6.45, 7) is 4.27. The molecule has 140 valence electrons. The Morgan fingerprint density at radius 1 is 1.12 bits per heavy atom. The minimum Gasteiger partial charge on any atom is -0.454 e. The number of piperidine rings is 1. The molecule has 1 aromatic heterocycles. The summed E-state index contributed by atoms with van der Waals surface area (Å²) in [5, 5.41) is 8.86. The second-order valence-electron chi connectivity index (χ2n) is 7.51. The SMILES string of the molecule is CN(C)Cc1nnc(C2CCN(Cc3ccc4c(c3)OCO4)CC2)n1C. The van der Waals surface area contributed by atoms with Crippen molar-refractivity contribution in [2.75, 3.05) is 34.0 Å². The van der Waals surface area contributed by atoms with Crippen LogP contribution in [0.15, 0.2) is 18.2 Å². The van der Waals surface area contributed by atoms with Crippen LogP contribution in [0.5, 0.6) is 11.5 Å². The molecule has 3 heterocycles. The number of benzene rings is 1. The van der Waals surface area contributed by atoms with Gasteiger partial charge in [0.15, 0.2) is 11.5 Å². The van der Waals surface area contributed by atoms with Crippen molar-refractivity contribution in [2.24, 2.45) is 7.05 Å². The fourth-order valence-electron chi connectivity index (χ4n) is 3.80. The Morgan fingerprint density at radius 3 is 2.65 bits per heavy atom. The first kappa shape index (κ1) is 17.3. The van der Waals surface area contributed by atoms with E-state index in [0.29, 0.717) is 12.7 Å². The van der Waals surface area contributed by atoms with E-state index in [1.807, 2.05) is 6.07 Å². The average molecular weight is 357 g/mol. The lowest BCUT2D eigenvalue weighted by Crippen LogP contribution is -2.33. The van der Waals surface area contributed by atoms with Crippen LogP contribution in [-0.2, 0) is 20.1 Å². The van der Waals surface area contributed by atoms with Crippen molar-refractivity contribution in [3.63, 3.8) is 0 Å².